The maximum atomic E-state index is 12.7. The first-order valence-corrected chi connectivity index (χ1v) is 6.89. The topological polar surface area (TPSA) is 52.3 Å². The van der Waals surface area contributed by atoms with E-state index in [-0.39, 0.29) is 12.5 Å². The molecule has 6 heteroatoms. The van der Waals surface area contributed by atoms with E-state index in [9.17, 15) is 18.0 Å². The lowest BCUT2D eigenvalue weighted by atomic mass is 9.93. The zero-order valence-corrected chi connectivity index (χ0v) is 11.2. The fraction of sp³-hybridized carbons (Fsp3) is 0.923. The van der Waals surface area contributed by atoms with Crippen LogP contribution in [0.25, 0.3) is 0 Å². The van der Waals surface area contributed by atoms with Crippen molar-refractivity contribution in [1.82, 2.24) is 0 Å². The highest BCUT2D eigenvalue weighted by molar-refractivity contribution is 5.73. The fourth-order valence-corrected chi connectivity index (χ4v) is 1.90. The van der Waals surface area contributed by atoms with Gasteiger partial charge in [-0.25, -0.2) is 0 Å². The first-order valence-electron chi connectivity index (χ1n) is 6.89. The first kappa shape index (κ1) is 16.3. The van der Waals surface area contributed by atoms with Gasteiger partial charge in [-0.05, 0) is 19.3 Å². The summed E-state index contributed by atoms with van der Waals surface area (Å²) in [7, 11) is 0. The molecule has 0 aromatic carbocycles. The number of ether oxygens (including phenoxy) is 1. The van der Waals surface area contributed by atoms with Crippen LogP contribution in [0.15, 0.2) is 0 Å². The quantitative estimate of drug-likeness (QED) is 0.549. The molecule has 2 N–H and O–H groups in total. The molecule has 0 saturated heterocycles. The molecule has 3 nitrogen and oxygen atoms in total. The summed E-state index contributed by atoms with van der Waals surface area (Å²) in [6, 6.07) is -2.12. The van der Waals surface area contributed by atoms with Crippen LogP contribution in [0.4, 0.5) is 13.2 Å². The van der Waals surface area contributed by atoms with Crippen LogP contribution < -0.4 is 5.73 Å². The number of rotatable bonds is 8. The van der Waals surface area contributed by atoms with E-state index in [1.165, 1.54) is 0 Å². The summed E-state index contributed by atoms with van der Waals surface area (Å²) >= 11 is 0. The normalized spacial score (nSPS) is 19.0. The predicted molar refractivity (Wildman–Crippen MR) is 65.4 cm³/mol. The molecule has 0 amide bonds. The van der Waals surface area contributed by atoms with E-state index >= 15 is 0 Å². The van der Waals surface area contributed by atoms with E-state index in [1.807, 2.05) is 6.92 Å². The molecule has 1 saturated carbocycles. The van der Waals surface area contributed by atoms with Gasteiger partial charge in [-0.15, -0.1) is 0 Å². The molecule has 0 unspecified atom stereocenters. The summed E-state index contributed by atoms with van der Waals surface area (Å²) in [5.41, 5.74) is 5.18. The van der Waals surface area contributed by atoms with Crippen LogP contribution in [0.3, 0.4) is 0 Å². The SMILES string of the molecule is CCCCCC[C@H](C(=O)OC1CC1)[C@H](N)C(F)(F)F. The standard InChI is InChI=1S/C13H22F3NO2/c1-2-3-4-5-6-10(11(17)13(14,15)16)12(18)19-9-7-8-9/h9-11H,2-8,17H2,1H3/t10-,11-/m0/s1. The second kappa shape index (κ2) is 7.12. The van der Waals surface area contributed by atoms with Crippen molar-refractivity contribution < 1.29 is 22.7 Å². The summed E-state index contributed by atoms with van der Waals surface area (Å²) in [4.78, 5) is 11.7. The van der Waals surface area contributed by atoms with Gasteiger partial charge in [0.2, 0.25) is 0 Å². The second-order valence-corrected chi connectivity index (χ2v) is 5.16. The average molecular weight is 281 g/mol. The Morgan fingerprint density at radius 1 is 1.32 bits per heavy atom. The molecule has 0 aromatic rings. The Kier molecular flexibility index (Phi) is 6.10. The lowest BCUT2D eigenvalue weighted by Gasteiger charge is -2.24. The lowest BCUT2D eigenvalue weighted by molar-refractivity contribution is -0.177. The van der Waals surface area contributed by atoms with E-state index < -0.39 is 24.1 Å². The van der Waals surface area contributed by atoms with E-state index in [0.717, 1.165) is 32.1 Å². The van der Waals surface area contributed by atoms with Crippen molar-refractivity contribution >= 4 is 5.97 Å². The van der Waals surface area contributed by atoms with Gasteiger partial charge in [-0.1, -0.05) is 32.6 Å². The number of carbonyl (C=O) groups is 1. The molecule has 0 bridgehead atoms. The van der Waals surface area contributed by atoms with Crippen molar-refractivity contribution in [3.05, 3.63) is 0 Å². The monoisotopic (exact) mass is 281 g/mol. The molecular weight excluding hydrogens is 259 g/mol. The zero-order chi connectivity index (χ0) is 14.5. The highest BCUT2D eigenvalue weighted by Gasteiger charge is 2.46. The smallest absolute Gasteiger partial charge is 0.404 e. The number of carbonyl (C=O) groups excluding carboxylic acids is 1. The molecule has 0 spiro atoms. The molecule has 112 valence electrons. The Bertz CT molecular complexity index is 290. The minimum atomic E-state index is -4.56. The van der Waals surface area contributed by atoms with E-state index in [4.69, 9.17) is 10.5 Å². The fourth-order valence-electron chi connectivity index (χ4n) is 1.90. The van der Waals surface area contributed by atoms with E-state index in [1.54, 1.807) is 0 Å². The number of alkyl halides is 3. The second-order valence-electron chi connectivity index (χ2n) is 5.16. The van der Waals surface area contributed by atoms with Crippen LogP contribution >= 0.6 is 0 Å². The van der Waals surface area contributed by atoms with Crippen LogP contribution in [-0.2, 0) is 9.53 Å². The van der Waals surface area contributed by atoms with E-state index in [0.29, 0.717) is 6.42 Å². The summed E-state index contributed by atoms with van der Waals surface area (Å²) in [5.74, 6) is -2.05. The van der Waals surface area contributed by atoms with Gasteiger partial charge in [-0.2, -0.15) is 13.2 Å². The molecule has 0 aliphatic heterocycles. The third kappa shape index (κ3) is 5.80. The van der Waals surface area contributed by atoms with Gasteiger partial charge in [0.15, 0.2) is 0 Å². The summed E-state index contributed by atoms with van der Waals surface area (Å²) in [5, 5.41) is 0. The zero-order valence-electron chi connectivity index (χ0n) is 11.2. The largest absolute Gasteiger partial charge is 0.462 e. The Hall–Kier alpha value is -0.780. The maximum absolute atomic E-state index is 12.7. The first-order chi connectivity index (χ1) is 8.86. The molecule has 1 aliphatic rings. The third-order valence-electron chi connectivity index (χ3n) is 3.29. The van der Waals surface area contributed by atoms with Crippen LogP contribution in [0.1, 0.15) is 51.9 Å². The molecule has 1 fully saturated rings. The summed E-state index contributed by atoms with van der Waals surface area (Å²) in [6.07, 6.45) is 0.214. The molecular formula is C13H22F3NO2. The van der Waals surface area contributed by atoms with Crippen LogP contribution in [0.2, 0.25) is 0 Å². The molecule has 0 aromatic heterocycles. The number of nitrogens with two attached hydrogens (primary N) is 1. The predicted octanol–water partition coefficient (Wildman–Crippen LogP) is 3.17. The van der Waals surface area contributed by atoms with Gasteiger partial charge in [0.25, 0.3) is 0 Å². The third-order valence-corrected chi connectivity index (χ3v) is 3.29. The molecule has 0 heterocycles. The Balaban J connectivity index is 2.52. The molecule has 0 radical (unpaired) electrons. The number of unbranched alkanes of at least 4 members (excludes halogenated alkanes) is 3. The van der Waals surface area contributed by atoms with Crippen molar-refractivity contribution in [1.29, 1.82) is 0 Å². The minimum Gasteiger partial charge on any atom is -0.462 e. The number of halogens is 3. The molecule has 2 atom stereocenters. The lowest BCUT2D eigenvalue weighted by Crippen LogP contribution is -2.47. The van der Waals surface area contributed by atoms with Crippen LogP contribution in [0.5, 0.6) is 0 Å². The maximum Gasteiger partial charge on any atom is 0.404 e. The molecule has 1 aliphatic carbocycles. The summed E-state index contributed by atoms with van der Waals surface area (Å²) < 4.78 is 42.9. The van der Waals surface area contributed by atoms with Gasteiger partial charge in [-0.3, -0.25) is 4.79 Å². The highest BCUT2D eigenvalue weighted by atomic mass is 19.4. The van der Waals surface area contributed by atoms with Gasteiger partial charge < -0.3 is 10.5 Å². The van der Waals surface area contributed by atoms with Crippen molar-refractivity contribution in [2.75, 3.05) is 0 Å². The number of hydrogen-bond donors (Lipinski definition) is 1. The summed E-state index contributed by atoms with van der Waals surface area (Å²) in [6.45, 7) is 2.01. The number of esters is 1. The number of hydrogen-bond acceptors (Lipinski definition) is 3. The minimum absolute atomic E-state index is 0.145. The van der Waals surface area contributed by atoms with Crippen molar-refractivity contribution in [3.8, 4) is 0 Å². The van der Waals surface area contributed by atoms with E-state index in [2.05, 4.69) is 0 Å². The Morgan fingerprint density at radius 2 is 1.95 bits per heavy atom. The van der Waals surface area contributed by atoms with Gasteiger partial charge in [0, 0.05) is 0 Å². The van der Waals surface area contributed by atoms with Gasteiger partial charge >= 0.3 is 12.1 Å². The van der Waals surface area contributed by atoms with Gasteiger partial charge in [0.05, 0.1) is 5.92 Å². The van der Waals surface area contributed by atoms with Crippen molar-refractivity contribution in [3.63, 3.8) is 0 Å². The highest BCUT2D eigenvalue weighted by Crippen LogP contribution is 2.31. The van der Waals surface area contributed by atoms with Crippen molar-refractivity contribution in [2.45, 2.75) is 70.2 Å². The van der Waals surface area contributed by atoms with Crippen molar-refractivity contribution in [2.24, 2.45) is 11.7 Å². The Morgan fingerprint density at radius 3 is 2.42 bits per heavy atom. The Labute approximate surface area is 111 Å². The molecule has 1 rings (SSSR count). The van der Waals surface area contributed by atoms with Crippen LogP contribution in [0, 0.1) is 5.92 Å². The average Bonchev–Trinajstić information content (AvgIpc) is 3.11. The van der Waals surface area contributed by atoms with Crippen LogP contribution in [-0.4, -0.2) is 24.3 Å². The van der Waals surface area contributed by atoms with Gasteiger partial charge in [0.1, 0.15) is 12.1 Å². The molecule has 19 heavy (non-hydrogen) atoms.